The minimum absolute atomic E-state index is 1.11. The number of hydrogen-bond acceptors (Lipinski definition) is 0. The highest BCUT2D eigenvalue weighted by atomic mass is 14.2. The van der Waals surface area contributed by atoms with Gasteiger partial charge in [0.1, 0.15) is 0 Å². The lowest BCUT2D eigenvalue weighted by atomic mass is 10.0. The summed E-state index contributed by atoms with van der Waals surface area (Å²) in [6.45, 7) is 8.37. The van der Waals surface area contributed by atoms with E-state index in [0.717, 1.165) is 6.42 Å². The van der Waals surface area contributed by atoms with Crippen molar-refractivity contribution in [3.8, 4) is 11.1 Å². The van der Waals surface area contributed by atoms with Crippen LogP contribution in [-0.2, 0) is 6.42 Å². The van der Waals surface area contributed by atoms with E-state index >= 15 is 0 Å². The van der Waals surface area contributed by atoms with E-state index in [1.807, 2.05) is 13.8 Å². The van der Waals surface area contributed by atoms with Gasteiger partial charge in [0.25, 0.3) is 0 Å². The molecule has 0 aromatic heterocycles. The van der Waals surface area contributed by atoms with E-state index in [1.54, 1.807) is 0 Å². The van der Waals surface area contributed by atoms with Gasteiger partial charge in [0.15, 0.2) is 0 Å². The molecule has 0 nitrogen and oxygen atoms in total. The molecule has 0 fully saturated rings. The van der Waals surface area contributed by atoms with Crippen LogP contribution in [0.3, 0.4) is 0 Å². The van der Waals surface area contributed by atoms with Gasteiger partial charge in [0.05, 0.1) is 0 Å². The van der Waals surface area contributed by atoms with E-state index in [-0.39, 0.29) is 0 Å². The maximum Gasteiger partial charge on any atom is -0.00107 e. The zero-order chi connectivity index (χ0) is 12.4. The van der Waals surface area contributed by atoms with Crippen molar-refractivity contribution in [1.29, 1.82) is 0 Å². The Kier molecular flexibility index (Phi) is 3.33. The highest BCUT2D eigenvalue weighted by molar-refractivity contribution is 5.78. The Bertz CT molecular complexity index is 536. The van der Waals surface area contributed by atoms with Crippen molar-refractivity contribution < 1.29 is 0 Å². The molecule has 0 atom stereocenters. The number of aryl methyl sites for hydroxylation is 2. The minimum Gasteiger partial charge on any atom is -0.0683 e. The summed E-state index contributed by atoms with van der Waals surface area (Å²) >= 11 is 0. The maximum atomic E-state index is 2.31. The van der Waals surface area contributed by atoms with Crippen molar-refractivity contribution in [2.45, 2.75) is 34.1 Å². The van der Waals surface area contributed by atoms with Crippen LogP contribution >= 0.6 is 0 Å². The fraction of sp³-hybridized carbons (Fsp3) is 0.294. The topological polar surface area (TPSA) is 0 Å². The van der Waals surface area contributed by atoms with E-state index < -0.39 is 0 Å². The average Bonchev–Trinajstić information content (AvgIpc) is 2.71. The first-order valence-corrected chi connectivity index (χ1v) is 6.44. The van der Waals surface area contributed by atoms with Crippen LogP contribution < -0.4 is 0 Å². The van der Waals surface area contributed by atoms with Gasteiger partial charge in [-0.2, -0.15) is 0 Å². The summed E-state index contributed by atoms with van der Waals surface area (Å²) in [5.41, 5.74) is 8.64. The van der Waals surface area contributed by atoms with Gasteiger partial charge >= 0.3 is 0 Å². The molecule has 3 rings (SSSR count). The Hall–Kier alpha value is -1.56. The minimum atomic E-state index is 1.11. The molecule has 1 aliphatic rings. The van der Waals surface area contributed by atoms with Crippen molar-refractivity contribution in [2.24, 2.45) is 0 Å². The van der Waals surface area contributed by atoms with Crippen LogP contribution in [0.2, 0.25) is 0 Å². The molecule has 0 saturated heterocycles. The van der Waals surface area contributed by atoms with E-state index in [4.69, 9.17) is 0 Å². The lowest BCUT2D eigenvalue weighted by Gasteiger charge is -2.02. The summed E-state index contributed by atoms with van der Waals surface area (Å²) in [5.74, 6) is 0. The molecule has 0 radical (unpaired) electrons. The second-order valence-corrected chi connectivity index (χ2v) is 4.44. The van der Waals surface area contributed by atoms with Gasteiger partial charge < -0.3 is 0 Å². The van der Waals surface area contributed by atoms with Crippen LogP contribution in [0.15, 0.2) is 36.4 Å². The Labute approximate surface area is 104 Å². The molecule has 0 heterocycles. The van der Waals surface area contributed by atoms with E-state index in [1.165, 1.54) is 33.4 Å². The van der Waals surface area contributed by atoms with Gasteiger partial charge in [-0.15, -0.1) is 0 Å². The van der Waals surface area contributed by atoms with E-state index in [9.17, 15) is 0 Å². The smallest absolute Gasteiger partial charge is 0.00107 e. The summed E-state index contributed by atoms with van der Waals surface area (Å²) in [6.07, 6.45) is 1.11. The van der Waals surface area contributed by atoms with Crippen LogP contribution in [0.1, 0.15) is 36.1 Å². The van der Waals surface area contributed by atoms with Crippen LogP contribution in [0.4, 0.5) is 0 Å². The molecule has 0 aliphatic heterocycles. The Morgan fingerprint density at radius 3 is 2.41 bits per heavy atom. The molecule has 0 bridgehead atoms. The second-order valence-electron chi connectivity index (χ2n) is 4.44. The van der Waals surface area contributed by atoms with Crippen LogP contribution in [0.5, 0.6) is 0 Å². The lowest BCUT2D eigenvalue weighted by Crippen LogP contribution is -1.84. The van der Waals surface area contributed by atoms with Crippen LogP contribution in [0.25, 0.3) is 11.1 Å². The number of benzene rings is 2. The molecular formula is C17H20. The summed E-state index contributed by atoms with van der Waals surface area (Å²) < 4.78 is 0. The van der Waals surface area contributed by atoms with Gasteiger partial charge in [-0.05, 0) is 48.1 Å². The van der Waals surface area contributed by atoms with Crippen molar-refractivity contribution in [1.82, 2.24) is 0 Å². The maximum absolute atomic E-state index is 2.31. The molecule has 2 aromatic carbocycles. The van der Waals surface area contributed by atoms with Gasteiger partial charge in [0.2, 0.25) is 0 Å². The third kappa shape index (κ3) is 2.00. The molecule has 0 spiro atoms. The molecule has 0 heteroatoms. The standard InChI is InChI=1S/C15H14.C2H6/c1-10-6-7-13-12(8-10)9-15-11(2)4-3-5-14(13)15;1-2/h3-8H,9H2,1-2H3;1-2H3. The lowest BCUT2D eigenvalue weighted by molar-refractivity contribution is 1.21. The largest absolute Gasteiger partial charge is 0.0683 e. The fourth-order valence-corrected chi connectivity index (χ4v) is 2.51. The molecule has 17 heavy (non-hydrogen) atoms. The van der Waals surface area contributed by atoms with Crippen molar-refractivity contribution in [3.63, 3.8) is 0 Å². The van der Waals surface area contributed by atoms with Gasteiger partial charge in [-0.3, -0.25) is 0 Å². The summed E-state index contributed by atoms with van der Waals surface area (Å²) in [7, 11) is 0. The zero-order valence-corrected chi connectivity index (χ0v) is 11.2. The Balaban J connectivity index is 0.000000514. The molecule has 88 valence electrons. The van der Waals surface area contributed by atoms with Crippen LogP contribution in [-0.4, -0.2) is 0 Å². The summed E-state index contributed by atoms with van der Waals surface area (Å²) in [5, 5.41) is 0. The first-order valence-electron chi connectivity index (χ1n) is 6.44. The predicted molar refractivity (Wildman–Crippen MR) is 75.5 cm³/mol. The van der Waals surface area contributed by atoms with E-state index in [0.29, 0.717) is 0 Å². The number of hydrogen-bond donors (Lipinski definition) is 0. The van der Waals surface area contributed by atoms with Gasteiger partial charge in [-0.25, -0.2) is 0 Å². The number of rotatable bonds is 0. The molecule has 0 saturated carbocycles. The Morgan fingerprint density at radius 1 is 0.882 bits per heavy atom. The third-order valence-corrected chi connectivity index (χ3v) is 3.33. The fourth-order valence-electron chi connectivity index (χ4n) is 2.51. The average molecular weight is 224 g/mol. The van der Waals surface area contributed by atoms with Crippen molar-refractivity contribution in [2.75, 3.05) is 0 Å². The highest BCUT2D eigenvalue weighted by Gasteiger charge is 2.18. The summed E-state index contributed by atoms with van der Waals surface area (Å²) in [4.78, 5) is 0. The number of fused-ring (bicyclic) bond motifs is 3. The van der Waals surface area contributed by atoms with Gasteiger partial charge in [-0.1, -0.05) is 55.8 Å². The molecular weight excluding hydrogens is 204 g/mol. The second kappa shape index (κ2) is 4.75. The first kappa shape index (κ1) is 11.9. The molecule has 0 N–H and O–H groups in total. The molecule has 0 amide bonds. The zero-order valence-electron chi connectivity index (χ0n) is 11.2. The summed E-state index contributed by atoms with van der Waals surface area (Å²) in [6, 6.07) is 13.4. The third-order valence-electron chi connectivity index (χ3n) is 3.33. The van der Waals surface area contributed by atoms with E-state index in [2.05, 4.69) is 50.2 Å². The quantitative estimate of drug-likeness (QED) is 0.509. The van der Waals surface area contributed by atoms with Gasteiger partial charge in [0, 0.05) is 0 Å². The molecule has 1 aliphatic carbocycles. The molecule has 2 aromatic rings. The SMILES string of the molecule is CC.Cc1ccc2c(c1)Cc1c(C)cccc1-2. The predicted octanol–water partition coefficient (Wildman–Crippen LogP) is 4.90. The van der Waals surface area contributed by atoms with Crippen molar-refractivity contribution in [3.05, 3.63) is 58.7 Å². The first-order chi connectivity index (χ1) is 8.25. The Morgan fingerprint density at radius 2 is 1.65 bits per heavy atom. The monoisotopic (exact) mass is 224 g/mol. The molecule has 0 unspecified atom stereocenters. The highest BCUT2D eigenvalue weighted by Crippen LogP contribution is 2.38. The van der Waals surface area contributed by atoms with Crippen LogP contribution in [0, 0.1) is 13.8 Å². The van der Waals surface area contributed by atoms with Crippen molar-refractivity contribution >= 4 is 0 Å². The normalized spacial score (nSPS) is 11.3.